The Morgan fingerprint density at radius 3 is 3.12 bits per heavy atom. The molecule has 3 aromatic rings. The van der Waals surface area contributed by atoms with E-state index in [2.05, 4.69) is 42.4 Å². The molecule has 0 saturated heterocycles. The van der Waals surface area contributed by atoms with Crippen molar-refractivity contribution in [3.05, 3.63) is 24.0 Å². The van der Waals surface area contributed by atoms with Crippen LogP contribution in [0.15, 0.2) is 23.3 Å². The van der Waals surface area contributed by atoms with Crippen molar-refractivity contribution in [2.24, 2.45) is 16.8 Å². The van der Waals surface area contributed by atoms with Gasteiger partial charge in [-0.25, -0.2) is 4.99 Å². The lowest BCUT2D eigenvalue weighted by Gasteiger charge is -2.05. The van der Waals surface area contributed by atoms with Crippen LogP contribution in [0.25, 0.3) is 11.0 Å². The lowest BCUT2D eigenvalue weighted by Crippen LogP contribution is -2.00. The van der Waals surface area contributed by atoms with Crippen LogP contribution in [0.1, 0.15) is 25.5 Å². The smallest absolute Gasteiger partial charge is 0.232 e. The Labute approximate surface area is 145 Å². The predicted molar refractivity (Wildman–Crippen MR) is 96.5 cm³/mol. The van der Waals surface area contributed by atoms with Gasteiger partial charge in [0.05, 0.1) is 17.7 Å². The number of H-pyrrole nitrogens is 2. The highest BCUT2D eigenvalue weighted by Crippen LogP contribution is 2.36. The molecule has 1 unspecified atom stereocenters. The fourth-order valence-corrected chi connectivity index (χ4v) is 2.78. The Kier molecular flexibility index (Phi) is 4.19. The summed E-state index contributed by atoms with van der Waals surface area (Å²) >= 11 is 0. The highest BCUT2D eigenvalue weighted by Gasteiger charge is 2.26. The number of ether oxygens (including phenoxy) is 1. The Bertz CT molecular complexity index is 893. The minimum Gasteiger partial charge on any atom is -0.378 e. The molecule has 25 heavy (non-hydrogen) atoms. The van der Waals surface area contributed by atoms with E-state index in [9.17, 15) is 0 Å². The second-order valence-electron chi connectivity index (χ2n) is 6.42. The van der Waals surface area contributed by atoms with Crippen LogP contribution in [0.2, 0.25) is 0 Å². The van der Waals surface area contributed by atoms with Gasteiger partial charge in [0, 0.05) is 25.6 Å². The zero-order valence-electron chi connectivity index (χ0n) is 14.3. The molecule has 3 N–H and O–H groups in total. The van der Waals surface area contributed by atoms with Crippen molar-refractivity contribution in [1.82, 2.24) is 25.1 Å². The first-order valence-electron chi connectivity index (χ1n) is 8.42. The van der Waals surface area contributed by atoms with Crippen LogP contribution < -0.4 is 5.32 Å². The van der Waals surface area contributed by atoms with Gasteiger partial charge in [0.1, 0.15) is 5.65 Å². The normalized spacial score (nSPS) is 15.9. The summed E-state index contributed by atoms with van der Waals surface area (Å²) in [5.74, 6) is 3.00. The quantitative estimate of drug-likeness (QED) is 0.573. The molecule has 0 bridgehead atoms. The zero-order chi connectivity index (χ0) is 17.2. The van der Waals surface area contributed by atoms with E-state index in [-0.39, 0.29) is 0 Å². The molecule has 1 saturated carbocycles. The fourth-order valence-electron chi connectivity index (χ4n) is 2.78. The molecule has 1 aliphatic rings. The summed E-state index contributed by atoms with van der Waals surface area (Å²) in [5, 5.41) is 11.1. The molecule has 0 aliphatic heterocycles. The third-order valence-corrected chi connectivity index (χ3v) is 4.36. The summed E-state index contributed by atoms with van der Waals surface area (Å²) in [6.45, 7) is 2.68. The minimum absolute atomic E-state index is 0.455. The van der Waals surface area contributed by atoms with E-state index in [4.69, 9.17) is 4.74 Å². The van der Waals surface area contributed by atoms with Crippen LogP contribution in [0.3, 0.4) is 0 Å². The van der Waals surface area contributed by atoms with Crippen LogP contribution in [0.4, 0.5) is 17.6 Å². The third kappa shape index (κ3) is 3.53. The summed E-state index contributed by atoms with van der Waals surface area (Å²) in [7, 11) is 1.64. The van der Waals surface area contributed by atoms with Gasteiger partial charge in [0.25, 0.3) is 0 Å². The van der Waals surface area contributed by atoms with Crippen molar-refractivity contribution in [3.8, 4) is 0 Å². The molecule has 3 heterocycles. The topological polar surface area (TPSA) is 104 Å². The first-order chi connectivity index (χ1) is 12.2. The summed E-state index contributed by atoms with van der Waals surface area (Å²) in [6, 6.07) is 3.81. The van der Waals surface area contributed by atoms with Crippen molar-refractivity contribution in [2.45, 2.75) is 26.4 Å². The summed E-state index contributed by atoms with van der Waals surface area (Å²) in [5.41, 5.74) is 1.62. The van der Waals surface area contributed by atoms with Crippen LogP contribution in [-0.2, 0) is 11.3 Å². The first kappa shape index (κ1) is 15.8. The number of rotatable bonds is 7. The van der Waals surface area contributed by atoms with Gasteiger partial charge in [-0.15, -0.1) is 0 Å². The van der Waals surface area contributed by atoms with E-state index in [1.165, 1.54) is 12.8 Å². The molecule has 0 amide bonds. The predicted octanol–water partition coefficient (Wildman–Crippen LogP) is 3.32. The van der Waals surface area contributed by atoms with Crippen molar-refractivity contribution in [3.63, 3.8) is 0 Å². The monoisotopic (exact) mass is 339 g/mol. The maximum absolute atomic E-state index is 5.08. The van der Waals surface area contributed by atoms with Gasteiger partial charge >= 0.3 is 0 Å². The Morgan fingerprint density at radius 2 is 2.32 bits per heavy atom. The Balaban J connectivity index is 1.60. The number of hydrogen-bond acceptors (Lipinski definition) is 6. The Hall–Kier alpha value is -2.74. The number of anilines is 2. The van der Waals surface area contributed by atoms with Crippen molar-refractivity contribution >= 4 is 34.8 Å². The summed E-state index contributed by atoms with van der Waals surface area (Å²) in [6.07, 6.45) is 6.44. The molecule has 4 rings (SSSR count). The lowest BCUT2D eigenvalue weighted by atomic mass is 10.1. The van der Waals surface area contributed by atoms with Crippen LogP contribution in [0, 0.1) is 11.8 Å². The molecule has 8 heteroatoms. The molecule has 8 nitrogen and oxygen atoms in total. The number of nitrogens with zero attached hydrogens (tertiary/aromatic N) is 4. The van der Waals surface area contributed by atoms with E-state index in [0.29, 0.717) is 30.1 Å². The zero-order valence-corrected chi connectivity index (χ0v) is 14.3. The number of nitrogens with one attached hydrogen (secondary N) is 3. The molecule has 3 aromatic heterocycles. The fraction of sp³-hybridized carbons (Fsp3) is 0.412. The van der Waals surface area contributed by atoms with Gasteiger partial charge in [-0.3, -0.25) is 5.10 Å². The van der Waals surface area contributed by atoms with Crippen molar-refractivity contribution in [1.29, 1.82) is 0 Å². The average Bonchev–Trinajstić information content (AvgIpc) is 3.20. The Morgan fingerprint density at radius 1 is 1.44 bits per heavy atom. The van der Waals surface area contributed by atoms with E-state index < -0.39 is 0 Å². The van der Waals surface area contributed by atoms with Gasteiger partial charge in [-0.1, -0.05) is 6.92 Å². The molecule has 1 atom stereocenters. The number of methoxy groups -OCH3 is 1. The number of hydrogen-bond donors (Lipinski definition) is 3. The number of fused-ring (bicyclic) bond motifs is 1. The molecule has 130 valence electrons. The summed E-state index contributed by atoms with van der Waals surface area (Å²) in [4.78, 5) is 16.8. The highest BCUT2D eigenvalue weighted by molar-refractivity contribution is 5.88. The van der Waals surface area contributed by atoms with Crippen LogP contribution in [-0.4, -0.2) is 38.5 Å². The van der Waals surface area contributed by atoms with Gasteiger partial charge in [0.2, 0.25) is 5.95 Å². The second-order valence-corrected chi connectivity index (χ2v) is 6.42. The van der Waals surface area contributed by atoms with E-state index >= 15 is 0 Å². The maximum Gasteiger partial charge on any atom is 0.232 e. The van der Waals surface area contributed by atoms with Crippen LogP contribution >= 0.6 is 0 Å². The molecule has 0 radical (unpaired) electrons. The van der Waals surface area contributed by atoms with Crippen molar-refractivity contribution < 1.29 is 4.74 Å². The van der Waals surface area contributed by atoms with Gasteiger partial charge in [0.15, 0.2) is 11.6 Å². The third-order valence-electron chi connectivity index (χ3n) is 4.36. The van der Waals surface area contributed by atoms with E-state index in [0.717, 1.165) is 22.6 Å². The molecular weight excluding hydrogens is 318 g/mol. The van der Waals surface area contributed by atoms with E-state index in [1.54, 1.807) is 7.11 Å². The molecular formula is C17H21N7O. The van der Waals surface area contributed by atoms with Gasteiger partial charge < -0.3 is 15.0 Å². The molecule has 0 aromatic carbocycles. The largest absolute Gasteiger partial charge is 0.378 e. The van der Waals surface area contributed by atoms with E-state index in [1.807, 2.05) is 24.5 Å². The van der Waals surface area contributed by atoms with Gasteiger partial charge in [-0.2, -0.15) is 15.1 Å². The van der Waals surface area contributed by atoms with Gasteiger partial charge in [-0.05, 0) is 30.7 Å². The molecule has 1 fully saturated rings. The molecule has 0 spiro atoms. The summed E-state index contributed by atoms with van der Waals surface area (Å²) < 4.78 is 5.08. The van der Waals surface area contributed by atoms with Crippen LogP contribution in [0.5, 0.6) is 0 Å². The minimum atomic E-state index is 0.455. The highest BCUT2D eigenvalue weighted by atomic mass is 16.5. The molecule has 1 aliphatic carbocycles. The van der Waals surface area contributed by atoms with Crippen molar-refractivity contribution in [2.75, 3.05) is 12.4 Å². The standard InChI is InChI=1S/C17H21N7O/c1-10(11-3-4-11)8-19-16-13-5-6-18-15(13)21-17(22-16)20-14-7-12(9-25-2)23-24-14/h5-8,10-11H,3-4,9H2,1-2H3,(H3,18,20,21,22,23,24). The number of aromatic amines is 2. The average molecular weight is 339 g/mol. The number of aromatic nitrogens is 5. The maximum atomic E-state index is 5.08. The first-order valence-corrected chi connectivity index (χ1v) is 8.42. The lowest BCUT2D eigenvalue weighted by molar-refractivity contribution is 0.181. The number of aliphatic imine (C=N–C) groups is 1. The second kappa shape index (κ2) is 6.64. The SMILES string of the molecule is COCc1cc(Nc2nc(N=CC(C)C3CC3)c3cc[nH]c3n2)n[nH]1.